The molecule has 0 saturated heterocycles. The lowest BCUT2D eigenvalue weighted by molar-refractivity contribution is 0.208. The number of aryl methyl sites for hydroxylation is 2. The van der Waals surface area contributed by atoms with Crippen molar-refractivity contribution < 1.29 is 14.2 Å². The van der Waals surface area contributed by atoms with Gasteiger partial charge in [0, 0.05) is 6.54 Å². The van der Waals surface area contributed by atoms with Gasteiger partial charge in [0.25, 0.3) is 0 Å². The summed E-state index contributed by atoms with van der Waals surface area (Å²) < 4.78 is 17.6. The molecule has 2 N–H and O–H groups in total. The molecule has 0 aliphatic rings. The maximum Gasteiger partial charge on any atom is 0.187 e. The van der Waals surface area contributed by atoms with Gasteiger partial charge in [-0.15, -0.1) is 0 Å². The second-order valence-electron chi connectivity index (χ2n) is 8.01. The van der Waals surface area contributed by atoms with E-state index in [0.717, 1.165) is 23.3 Å². The van der Waals surface area contributed by atoms with Crippen LogP contribution in [0.1, 0.15) is 36.1 Å². The molecule has 3 rings (SSSR count). The van der Waals surface area contributed by atoms with Crippen LogP contribution in [0.15, 0.2) is 65.8 Å². The van der Waals surface area contributed by atoms with Crippen molar-refractivity contribution in [2.45, 2.75) is 33.7 Å². The summed E-state index contributed by atoms with van der Waals surface area (Å²) in [5.41, 5.74) is 7.11. The number of thiocarbonyl (C=S) groups is 1. The zero-order valence-electron chi connectivity index (χ0n) is 20.8. The Bertz CT molecular complexity index is 1170. The summed E-state index contributed by atoms with van der Waals surface area (Å²) in [7, 11) is 0. The van der Waals surface area contributed by atoms with Crippen LogP contribution in [-0.4, -0.2) is 31.1 Å². The molecule has 0 aromatic heterocycles. The molecule has 3 aromatic rings. The third-order valence-electron chi connectivity index (χ3n) is 5.12. The van der Waals surface area contributed by atoms with Crippen LogP contribution in [0, 0.1) is 6.92 Å². The third kappa shape index (κ3) is 8.73. The highest BCUT2D eigenvalue weighted by molar-refractivity contribution is 7.80. The van der Waals surface area contributed by atoms with E-state index in [1.165, 1.54) is 11.1 Å². The van der Waals surface area contributed by atoms with E-state index < -0.39 is 0 Å². The van der Waals surface area contributed by atoms with Crippen molar-refractivity contribution in [3.63, 3.8) is 0 Å². The van der Waals surface area contributed by atoms with Crippen molar-refractivity contribution in [1.82, 2.24) is 10.7 Å². The first-order chi connectivity index (χ1) is 17.5. The van der Waals surface area contributed by atoms with Crippen LogP contribution in [-0.2, 0) is 13.0 Å². The number of rotatable bonds is 12. The molecule has 8 heteroatoms. The van der Waals surface area contributed by atoms with Gasteiger partial charge in [-0.2, -0.15) is 5.10 Å². The molecule has 0 radical (unpaired) electrons. The molecule has 0 spiro atoms. The molecule has 190 valence electrons. The van der Waals surface area contributed by atoms with Gasteiger partial charge in [0.05, 0.1) is 17.8 Å². The number of nitrogens with zero attached hydrogens (tertiary/aromatic N) is 1. The summed E-state index contributed by atoms with van der Waals surface area (Å²) in [4.78, 5) is 0. The van der Waals surface area contributed by atoms with E-state index in [4.69, 9.17) is 38.0 Å². The summed E-state index contributed by atoms with van der Waals surface area (Å²) in [6.07, 6.45) is 2.59. The summed E-state index contributed by atoms with van der Waals surface area (Å²) in [6, 6.07) is 19.8. The van der Waals surface area contributed by atoms with Gasteiger partial charge < -0.3 is 19.5 Å². The van der Waals surface area contributed by atoms with E-state index >= 15 is 0 Å². The fourth-order valence-corrected chi connectivity index (χ4v) is 3.86. The Balaban J connectivity index is 1.54. The van der Waals surface area contributed by atoms with Crippen molar-refractivity contribution in [3.8, 4) is 17.2 Å². The maximum absolute atomic E-state index is 6.52. The van der Waals surface area contributed by atoms with Gasteiger partial charge >= 0.3 is 0 Å². The summed E-state index contributed by atoms with van der Waals surface area (Å²) in [6.45, 7) is 7.89. The minimum absolute atomic E-state index is 0.325. The van der Waals surface area contributed by atoms with Crippen LogP contribution in [0.2, 0.25) is 5.02 Å². The normalized spacial score (nSPS) is 10.8. The van der Waals surface area contributed by atoms with Crippen LogP contribution >= 0.6 is 23.8 Å². The van der Waals surface area contributed by atoms with Gasteiger partial charge in [-0.3, -0.25) is 5.43 Å². The molecule has 0 amide bonds. The molecule has 0 fully saturated rings. The van der Waals surface area contributed by atoms with Crippen molar-refractivity contribution in [2.75, 3.05) is 19.8 Å². The largest absolute Gasteiger partial charge is 0.490 e. The Morgan fingerprint density at radius 3 is 2.50 bits per heavy atom. The molecule has 0 saturated carbocycles. The topological polar surface area (TPSA) is 64.1 Å². The average molecular weight is 526 g/mol. The van der Waals surface area contributed by atoms with E-state index in [1.54, 1.807) is 12.3 Å². The molecule has 36 heavy (non-hydrogen) atoms. The SMILES string of the molecule is CCOc1cc(/C=N\NC(=S)NCc2ccccc2)cc(Cl)c1OCCOc1cc(C)cc(CC)c1. The summed E-state index contributed by atoms with van der Waals surface area (Å²) in [5.74, 6) is 1.85. The van der Waals surface area contributed by atoms with Gasteiger partial charge in [0.2, 0.25) is 0 Å². The van der Waals surface area contributed by atoms with Gasteiger partial charge in [0.1, 0.15) is 19.0 Å². The Labute approximate surface area is 223 Å². The monoisotopic (exact) mass is 525 g/mol. The van der Waals surface area contributed by atoms with E-state index in [9.17, 15) is 0 Å². The van der Waals surface area contributed by atoms with Crippen molar-refractivity contribution in [3.05, 3.63) is 87.9 Å². The second-order valence-corrected chi connectivity index (χ2v) is 8.82. The molecule has 0 heterocycles. The highest BCUT2D eigenvalue weighted by Crippen LogP contribution is 2.36. The van der Waals surface area contributed by atoms with Crippen LogP contribution in [0.25, 0.3) is 0 Å². The molecule has 0 aliphatic carbocycles. The first-order valence-corrected chi connectivity index (χ1v) is 12.7. The van der Waals surface area contributed by atoms with Crippen molar-refractivity contribution in [1.29, 1.82) is 0 Å². The predicted molar refractivity (Wildman–Crippen MR) is 151 cm³/mol. The van der Waals surface area contributed by atoms with Gasteiger partial charge in [-0.25, -0.2) is 0 Å². The van der Waals surface area contributed by atoms with Crippen molar-refractivity contribution in [2.24, 2.45) is 5.10 Å². The fourth-order valence-electron chi connectivity index (χ4n) is 3.46. The standard InChI is InChI=1S/C28H32ClN3O3S/c1-4-21-13-20(3)14-24(15-21)34-11-12-35-27-25(29)16-23(17-26(27)33-5-2)19-31-32-28(36)30-18-22-9-7-6-8-10-22/h6-10,13-17,19H,4-5,11-12,18H2,1-3H3,(H2,30,32,36)/b31-19-. The van der Waals surface area contributed by atoms with Crippen LogP contribution in [0.4, 0.5) is 0 Å². The molecular formula is C28H32ClN3O3S. The molecule has 6 nitrogen and oxygen atoms in total. The minimum atomic E-state index is 0.325. The highest BCUT2D eigenvalue weighted by atomic mass is 35.5. The molecule has 0 bridgehead atoms. The van der Waals surface area contributed by atoms with Gasteiger partial charge in [0.15, 0.2) is 16.6 Å². The zero-order valence-corrected chi connectivity index (χ0v) is 22.4. The number of hydrogen-bond acceptors (Lipinski definition) is 5. The predicted octanol–water partition coefficient (Wildman–Crippen LogP) is 6.07. The third-order valence-corrected chi connectivity index (χ3v) is 5.64. The fraction of sp³-hybridized carbons (Fsp3) is 0.286. The number of halogens is 1. The summed E-state index contributed by atoms with van der Waals surface area (Å²) >= 11 is 11.8. The van der Waals surface area contributed by atoms with E-state index in [2.05, 4.69) is 41.8 Å². The molecule has 0 unspecified atom stereocenters. The molecule has 3 aromatic carbocycles. The minimum Gasteiger partial charge on any atom is -0.490 e. The van der Waals surface area contributed by atoms with Crippen molar-refractivity contribution >= 4 is 35.1 Å². The molecule has 0 aliphatic heterocycles. The van der Waals surface area contributed by atoms with Gasteiger partial charge in [-0.1, -0.05) is 54.9 Å². The summed E-state index contributed by atoms with van der Waals surface area (Å²) in [5, 5.41) is 8.16. The first kappa shape index (κ1) is 27.3. The quantitative estimate of drug-likeness (QED) is 0.130. The maximum atomic E-state index is 6.52. The Kier molecular flexibility index (Phi) is 10.9. The van der Waals surface area contributed by atoms with E-state index in [1.807, 2.05) is 49.4 Å². The number of ether oxygens (including phenoxy) is 3. The number of hydrazone groups is 1. The second kappa shape index (κ2) is 14.3. The lowest BCUT2D eigenvalue weighted by Gasteiger charge is -2.15. The van der Waals surface area contributed by atoms with Gasteiger partial charge in [-0.05, 0) is 79.0 Å². The molecular weight excluding hydrogens is 494 g/mol. The Hall–Kier alpha value is -3.29. The smallest absolute Gasteiger partial charge is 0.187 e. The van der Waals surface area contributed by atoms with Crippen LogP contribution in [0.3, 0.4) is 0 Å². The van der Waals surface area contributed by atoms with E-state index in [-0.39, 0.29) is 0 Å². The molecule has 0 atom stereocenters. The van der Waals surface area contributed by atoms with Crippen LogP contribution in [0.5, 0.6) is 17.2 Å². The lowest BCUT2D eigenvalue weighted by atomic mass is 10.1. The Morgan fingerprint density at radius 1 is 0.972 bits per heavy atom. The van der Waals surface area contributed by atoms with Crippen LogP contribution < -0.4 is 25.0 Å². The first-order valence-electron chi connectivity index (χ1n) is 11.9. The average Bonchev–Trinajstić information content (AvgIpc) is 2.87. The Morgan fingerprint density at radius 2 is 1.75 bits per heavy atom. The lowest BCUT2D eigenvalue weighted by Crippen LogP contribution is -2.31. The highest BCUT2D eigenvalue weighted by Gasteiger charge is 2.12. The number of nitrogens with one attached hydrogen (secondary N) is 2. The number of benzene rings is 3. The number of hydrogen-bond donors (Lipinski definition) is 2. The zero-order chi connectivity index (χ0) is 25.8. The van der Waals surface area contributed by atoms with E-state index in [0.29, 0.717) is 48.0 Å².